The molecule has 0 fully saturated rings. The smallest absolute Gasteiger partial charge is 0.240 e. The van der Waals surface area contributed by atoms with E-state index >= 15 is 0 Å². The molecular formula is C11H15FN2O2. The number of primary amides is 1. The summed E-state index contributed by atoms with van der Waals surface area (Å²) in [5.41, 5.74) is 10.2. The van der Waals surface area contributed by atoms with Crippen LogP contribution in [0.4, 0.5) is 4.39 Å². The van der Waals surface area contributed by atoms with Crippen molar-refractivity contribution in [3.63, 3.8) is 0 Å². The van der Waals surface area contributed by atoms with Crippen LogP contribution in [0.3, 0.4) is 0 Å². The first kappa shape index (κ1) is 12.4. The predicted octanol–water partition coefficient (Wildman–Crippen LogP) is 0.716. The van der Waals surface area contributed by atoms with Crippen LogP contribution in [-0.4, -0.2) is 18.1 Å². The van der Waals surface area contributed by atoms with Gasteiger partial charge in [0.25, 0.3) is 0 Å². The lowest BCUT2D eigenvalue weighted by Crippen LogP contribution is -2.53. The summed E-state index contributed by atoms with van der Waals surface area (Å²) in [5.74, 6) is -1.12. The third-order valence-electron chi connectivity index (χ3n) is 2.18. The van der Waals surface area contributed by atoms with Crippen LogP contribution in [-0.2, 0) is 4.79 Å². The number of amides is 1. The Hall–Kier alpha value is -1.62. The molecule has 16 heavy (non-hydrogen) atoms. The zero-order chi connectivity index (χ0) is 12.3. The minimum Gasteiger partial charge on any atom is -0.488 e. The number of carbonyl (C=O) groups is 1. The minimum absolute atomic E-state index is 0.0675. The molecule has 1 aromatic rings. The lowest BCUT2D eigenvalue weighted by Gasteiger charge is -2.20. The summed E-state index contributed by atoms with van der Waals surface area (Å²) in [6.07, 6.45) is 0. The number of aryl methyl sites for hydroxylation is 1. The third-order valence-corrected chi connectivity index (χ3v) is 2.18. The van der Waals surface area contributed by atoms with Gasteiger partial charge in [0, 0.05) is 0 Å². The second-order valence-electron chi connectivity index (χ2n) is 4.00. The van der Waals surface area contributed by atoms with Crippen LogP contribution >= 0.6 is 0 Å². The Morgan fingerprint density at radius 3 is 2.75 bits per heavy atom. The second kappa shape index (κ2) is 4.49. The van der Waals surface area contributed by atoms with Crippen molar-refractivity contribution in [2.24, 2.45) is 11.5 Å². The van der Waals surface area contributed by atoms with E-state index in [1.807, 2.05) is 6.92 Å². The third kappa shape index (κ3) is 2.93. The zero-order valence-corrected chi connectivity index (χ0v) is 9.29. The van der Waals surface area contributed by atoms with Gasteiger partial charge in [0.05, 0.1) is 0 Å². The van der Waals surface area contributed by atoms with Crippen LogP contribution in [0.25, 0.3) is 0 Å². The van der Waals surface area contributed by atoms with Crippen LogP contribution in [0.5, 0.6) is 5.75 Å². The molecule has 4 N–H and O–H groups in total. The number of hydrogen-bond donors (Lipinski definition) is 2. The van der Waals surface area contributed by atoms with Gasteiger partial charge < -0.3 is 16.2 Å². The zero-order valence-electron chi connectivity index (χ0n) is 9.29. The Labute approximate surface area is 93.4 Å². The van der Waals surface area contributed by atoms with E-state index < -0.39 is 17.3 Å². The molecule has 88 valence electrons. The molecule has 0 bridgehead atoms. The van der Waals surface area contributed by atoms with Gasteiger partial charge in [0.1, 0.15) is 12.1 Å². The predicted molar refractivity (Wildman–Crippen MR) is 58.4 cm³/mol. The summed E-state index contributed by atoms with van der Waals surface area (Å²) >= 11 is 0. The van der Waals surface area contributed by atoms with Crippen molar-refractivity contribution < 1.29 is 13.9 Å². The van der Waals surface area contributed by atoms with Gasteiger partial charge in [0.15, 0.2) is 11.6 Å². The molecule has 0 radical (unpaired) electrons. The molecule has 4 nitrogen and oxygen atoms in total. The number of ether oxygens (including phenoxy) is 1. The number of hydrogen-bond acceptors (Lipinski definition) is 3. The van der Waals surface area contributed by atoms with Crippen molar-refractivity contribution in [3.05, 3.63) is 29.6 Å². The van der Waals surface area contributed by atoms with Gasteiger partial charge in [-0.05, 0) is 31.5 Å². The van der Waals surface area contributed by atoms with Gasteiger partial charge in [-0.3, -0.25) is 4.79 Å². The summed E-state index contributed by atoms with van der Waals surface area (Å²) < 4.78 is 18.4. The fourth-order valence-corrected chi connectivity index (χ4v) is 1.02. The molecule has 1 atom stereocenters. The second-order valence-corrected chi connectivity index (χ2v) is 4.00. The first-order valence-corrected chi connectivity index (χ1v) is 4.80. The van der Waals surface area contributed by atoms with Crippen LogP contribution in [0, 0.1) is 12.7 Å². The van der Waals surface area contributed by atoms with Gasteiger partial charge in [-0.1, -0.05) is 6.07 Å². The van der Waals surface area contributed by atoms with Crippen molar-refractivity contribution in [2.45, 2.75) is 19.4 Å². The highest BCUT2D eigenvalue weighted by Gasteiger charge is 2.27. The van der Waals surface area contributed by atoms with Gasteiger partial charge in [-0.15, -0.1) is 0 Å². The molecule has 1 unspecified atom stereocenters. The van der Waals surface area contributed by atoms with Crippen LogP contribution in [0.1, 0.15) is 12.5 Å². The Kier molecular flexibility index (Phi) is 3.49. The number of benzene rings is 1. The van der Waals surface area contributed by atoms with Crippen molar-refractivity contribution >= 4 is 5.91 Å². The maximum atomic E-state index is 13.3. The maximum Gasteiger partial charge on any atom is 0.240 e. The highest BCUT2D eigenvalue weighted by molar-refractivity contribution is 5.84. The Morgan fingerprint density at radius 2 is 2.19 bits per heavy atom. The fraction of sp³-hybridized carbons (Fsp3) is 0.364. The fourth-order valence-electron chi connectivity index (χ4n) is 1.02. The highest BCUT2D eigenvalue weighted by atomic mass is 19.1. The molecule has 1 rings (SSSR count). The molecule has 1 aromatic carbocycles. The van der Waals surface area contributed by atoms with Gasteiger partial charge in [0.2, 0.25) is 5.91 Å². The summed E-state index contributed by atoms with van der Waals surface area (Å²) in [4.78, 5) is 10.9. The molecule has 0 aliphatic heterocycles. The van der Waals surface area contributed by atoms with Gasteiger partial charge in [-0.25, -0.2) is 4.39 Å². The average Bonchev–Trinajstić information content (AvgIpc) is 2.19. The summed E-state index contributed by atoms with van der Waals surface area (Å²) in [6, 6.07) is 4.45. The Bertz CT molecular complexity index is 405. The molecule has 1 amide bonds. The first-order valence-electron chi connectivity index (χ1n) is 4.80. The van der Waals surface area contributed by atoms with E-state index in [0.717, 1.165) is 5.56 Å². The maximum absolute atomic E-state index is 13.3. The van der Waals surface area contributed by atoms with E-state index in [0.29, 0.717) is 0 Å². The monoisotopic (exact) mass is 226 g/mol. The quantitative estimate of drug-likeness (QED) is 0.793. The topological polar surface area (TPSA) is 78.3 Å². The van der Waals surface area contributed by atoms with E-state index in [4.69, 9.17) is 16.2 Å². The normalized spacial score (nSPS) is 14.2. The number of nitrogens with two attached hydrogens (primary N) is 2. The van der Waals surface area contributed by atoms with Crippen LogP contribution in [0.15, 0.2) is 18.2 Å². The molecule has 0 aliphatic carbocycles. The molecule has 0 saturated carbocycles. The van der Waals surface area contributed by atoms with E-state index in [1.165, 1.54) is 19.1 Å². The lowest BCUT2D eigenvalue weighted by molar-refractivity contribution is -0.123. The van der Waals surface area contributed by atoms with Crippen molar-refractivity contribution in [2.75, 3.05) is 6.61 Å². The largest absolute Gasteiger partial charge is 0.488 e. The molecule has 0 saturated heterocycles. The van der Waals surface area contributed by atoms with Crippen LogP contribution in [0.2, 0.25) is 0 Å². The SMILES string of the molecule is Cc1ccc(F)c(OCC(C)(N)C(N)=O)c1. The van der Waals surface area contributed by atoms with Gasteiger partial charge in [-0.2, -0.15) is 0 Å². The lowest BCUT2D eigenvalue weighted by atomic mass is 10.1. The molecule has 5 heteroatoms. The Morgan fingerprint density at radius 1 is 1.56 bits per heavy atom. The number of carbonyl (C=O) groups excluding carboxylic acids is 1. The van der Waals surface area contributed by atoms with Crippen molar-refractivity contribution in [1.82, 2.24) is 0 Å². The van der Waals surface area contributed by atoms with E-state index in [-0.39, 0.29) is 12.4 Å². The summed E-state index contributed by atoms with van der Waals surface area (Å²) in [5, 5.41) is 0. The van der Waals surface area contributed by atoms with Crippen molar-refractivity contribution in [3.8, 4) is 5.75 Å². The van der Waals surface area contributed by atoms with Crippen LogP contribution < -0.4 is 16.2 Å². The number of rotatable bonds is 4. The number of halogens is 1. The molecule has 0 spiro atoms. The summed E-state index contributed by atoms with van der Waals surface area (Å²) in [7, 11) is 0. The molecular weight excluding hydrogens is 211 g/mol. The van der Waals surface area contributed by atoms with E-state index in [1.54, 1.807) is 6.07 Å². The molecule has 0 aromatic heterocycles. The average molecular weight is 226 g/mol. The summed E-state index contributed by atoms with van der Waals surface area (Å²) in [6.45, 7) is 3.08. The highest BCUT2D eigenvalue weighted by Crippen LogP contribution is 2.19. The van der Waals surface area contributed by atoms with Crippen molar-refractivity contribution in [1.29, 1.82) is 0 Å². The van der Waals surface area contributed by atoms with E-state index in [2.05, 4.69) is 0 Å². The molecule has 0 heterocycles. The van der Waals surface area contributed by atoms with E-state index in [9.17, 15) is 9.18 Å². The minimum atomic E-state index is -1.31. The Balaban J connectivity index is 2.75. The van der Waals surface area contributed by atoms with Gasteiger partial charge >= 0.3 is 0 Å². The first-order chi connectivity index (χ1) is 7.33. The standard InChI is InChI=1S/C11H15FN2O2/c1-7-3-4-8(12)9(5-7)16-6-11(2,14)10(13)15/h3-5H,6,14H2,1-2H3,(H2,13,15). The molecule has 0 aliphatic rings.